The van der Waals surface area contributed by atoms with Crippen molar-refractivity contribution >= 4 is 22.3 Å². The van der Waals surface area contributed by atoms with Gasteiger partial charge in [-0.05, 0) is 68.2 Å². The summed E-state index contributed by atoms with van der Waals surface area (Å²) in [4.78, 5) is 33.3. The summed E-state index contributed by atoms with van der Waals surface area (Å²) in [6.07, 6.45) is 8.82. The first-order valence-electron chi connectivity index (χ1n) is 11.7. The zero-order valence-electron chi connectivity index (χ0n) is 19.4. The van der Waals surface area contributed by atoms with E-state index in [4.69, 9.17) is 4.98 Å². The summed E-state index contributed by atoms with van der Waals surface area (Å²) >= 11 is 0. The highest BCUT2D eigenvalue weighted by Crippen LogP contribution is 2.27. The SMILES string of the molecule is CN1CCCN(CCc2ccc(Nc3nc(-c4cncnc4)cc4cc[nH]c(=O)c34)cc2)CC1. The average molecular weight is 456 g/mol. The molecule has 4 heterocycles. The number of likely N-dealkylation sites (N-methyl/N-ethyl adjacent to an activating group) is 1. The summed E-state index contributed by atoms with van der Waals surface area (Å²) in [5.74, 6) is 0.514. The van der Waals surface area contributed by atoms with Gasteiger partial charge in [-0.25, -0.2) is 15.0 Å². The van der Waals surface area contributed by atoms with E-state index in [9.17, 15) is 4.79 Å². The Labute approximate surface area is 198 Å². The van der Waals surface area contributed by atoms with Gasteiger partial charge in [0.1, 0.15) is 12.1 Å². The van der Waals surface area contributed by atoms with Crippen molar-refractivity contribution in [3.05, 3.63) is 77.2 Å². The molecule has 2 N–H and O–H groups in total. The molecule has 0 amide bonds. The molecule has 0 atom stereocenters. The fourth-order valence-corrected chi connectivity index (χ4v) is 4.39. The Hall–Kier alpha value is -3.62. The lowest BCUT2D eigenvalue weighted by atomic mass is 10.1. The number of fused-ring (bicyclic) bond motifs is 1. The van der Waals surface area contributed by atoms with E-state index in [-0.39, 0.29) is 5.56 Å². The van der Waals surface area contributed by atoms with Crippen LogP contribution < -0.4 is 10.9 Å². The van der Waals surface area contributed by atoms with Crippen molar-refractivity contribution in [3.8, 4) is 11.3 Å². The predicted octanol–water partition coefficient (Wildman–Crippen LogP) is 3.30. The lowest BCUT2D eigenvalue weighted by Gasteiger charge is -2.20. The summed E-state index contributed by atoms with van der Waals surface area (Å²) in [5, 5.41) is 4.69. The summed E-state index contributed by atoms with van der Waals surface area (Å²) in [5.41, 5.74) is 3.51. The lowest BCUT2D eigenvalue weighted by Crippen LogP contribution is -2.30. The van der Waals surface area contributed by atoms with E-state index >= 15 is 0 Å². The molecule has 0 spiro atoms. The maximum absolute atomic E-state index is 12.6. The first-order valence-corrected chi connectivity index (χ1v) is 11.7. The van der Waals surface area contributed by atoms with Crippen molar-refractivity contribution in [2.24, 2.45) is 0 Å². The molecule has 0 unspecified atom stereocenters. The summed E-state index contributed by atoms with van der Waals surface area (Å²) in [7, 11) is 2.20. The van der Waals surface area contributed by atoms with E-state index in [0.717, 1.165) is 42.7 Å². The van der Waals surface area contributed by atoms with Gasteiger partial charge in [0, 0.05) is 49.5 Å². The first-order chi connectivity index (χ1) is 16.7. The van der Waals surface area contributed by atoms with Gasteiger partial charge >= 0.3 is 0 Å². The highest BCUT2D eigenvalue weighted by Gasteiger charge is 2.13. The highest BCUT2D eigenvalue weighted by atomic mass is 16.1. The number of rotatable bonds is 6. The van der Waals surface area contributed by atoms with E-state index in [0.29, 0.717) is 16.9 Å². The number of pyridine rings is 2. The standard InChI is InChI=1S/C26H29N7O/c1-32-10-2-11-33(14-13-32)12-8-19-3-5-22(6-4-19)30-25-24-20(7-9-29-26(24)34)15-23(31-25)21-16-27-18-28-17-21/h3-7,9,15-18H,2,8,10-14H2,1H3,(H,29,34)(H,30,31). The van der Waals surface area contributed by atoms with Gasteiger partial charge in [0.2, 0.25) is 0 Å². The van der Waals surface area contributed by atoms with Crippen LogP contribution in [0.15, 0.2) is 66.1 Å². The van der Waals surface area contributed by atoms with E-state index in [2.05, 4.69) is 61.4 Å². The van der Waals surface area contributed by atoms with Crippen LogP contribution in [0.3, 0.4) is 0 Å². The van der Waals surface area contributed by atoms with Crippen molar-refractivity contribution < 1.29 is 0 Å². The molecular weight excluding hydrogens is 426 g/mol. The molecule has 8 nitrogen and oxygen atoms in total. The maximum atomic E-state index is 12.6. The third-order valence-corrected chi connectivity index (χ3v) is 6.36. The predicted molar refractivity (Wildman–Crippen MR) is 135 cm³/mol. The van der Waals surface area contributed by atoms with Gasteiger partial charge < -0.3 is 20.1 Å². The third-order valence-electron chi connectivity index (χ3n) is 6.36. The van der Waals surface area contributed by atoms with Gasteiger partial charge in [-0.1, -0.05) is 12.1 Å². The van der Waals surface area contributed by atoms with Crippen LogP contribution in [-0.2, 0) is 6.42 Å². The maximum Gasteiger partial charge on any atom is 0.259 e. The van der Waals surface area contributed by atoms with Gasteiger partial charge in [0.05, 0.1) is 11.1 Å². The molecule has 8 heteroatoms. The molecule has 1 saturated heterocycles. The Morgan fingerprint density at radius 2 is 1.85 bits per heavy atom. The molecule has 34 heavy (non-hydrogen) atoms. The van der Waals surface area contributed by atoms with Crippen molar-refractivity contribution in [1.29, 1.82) is 0 Å². The zero-order valence-corrected chi connectivity index (χ0v) is 19.4. The number of hydrogen-bond donors (Lipinski definition) is 2. The van der Waals surface area contributed by atoms with Crippen LogP contribution in [0.2, 0.25) is 0 Å². The Morgan fingerprint density at radius 3 is 2.68 bits per heavy atom. The fourth-order valence-electron chi connectivity index (χ4n) is 4.39. The van der Waals surface area contributed by atoms with Crippen LogP contribution in [0.4, 0.5) is 11.5 Å². The number of H-pyrrole nitrogens is 1. The molecular formula is C26H29N7O. The summed E-state index contributed by atoms with van der Waals surface area (Å²) < 4.78 is 0. The minimum Gasteiger partial charge on any atom is -0.340 e. The van der Waals surface area contributed by atoms with E-state index in [1.54, 1.807) is 18.6 Å². The van der Waals surface area contributed by atoms with Crippen molar-refractivity contribution in [3.63, 3.8) is 0 Å². The van der Waals surface area contributed by atoms with Crippen LogP contribution in [0.25, 0.3) is 22.0 Å². The molecule has 0 saturated carbocycles. The third kappa shape index (κ3) is 5.13. The second-order valence-electron chi connectivity index (χ2n) is 8.82. The van der Waals surface area contributed by atoms with Crippen LogP contribution in [-0.4, -0.2) is 69.5 Å². The molecule has 1 aliphatic heterocycles. The number of benzene rings is 1. The van der Waals surface area contributed by atoms with E-state index < -0.39 is 0 Å². The Balaban J connectivity index is 1.35. The topological polar surface area (TPSA) is 90.0 Å². The number of anilines is 2. The molecule has 1 aromatic carbocycles. The van der Waals surface area contributed by atoms with E-state index in [1.165, 1.54) is 31.4 Å². The normalized spacial score (nSPS) is 15.3. The van der Waals surface area contributed by atoms with Crippen molar-refractivity contribution in [2.75, 3.05) is 45.1 Å². The molecule has 4 aromatic rings. The number of aromatic amines is 1. The number of aromatic nitrogens is 4. The summed E-state index contributed by atoms with van der Waals surface area (Å²) in [6.45, 7) is 5.69. The molecule has 1 aliphatic rings. The monoisotopic (exact) mass is 455 g/mol. The number of nitrogens with zero attached hydrogens (tertiary/aromatic N) is 5. The van der Waals surface area contributed by atoms with Crippen molar-refractivity contribution in [1.82, 2.24) is 29.7 Å². The molecule has 174 valence electrons. The minimum absolute atomic E-state index is 0.178. The van der Waals surface area contributed by atoms with Gasteiger partial charge in [-0.3, -0.25) is 4.79 Å². The highest BCUT2D eigenvalue weighted by molar-refractivity contribution is 5.95. The first kappa shape index (κ1) is 22.2. The van der Waals surface area contributed by atoms with Gasteiger partial charge in [0.15, 0.2) is 0 Å². The zero-order chi connectivity index (χ0) is 23.3. The van der Waals surface area contributed by atoms with Crippen molar-refractivity contribution in [2.45, 2.75) is 12.8 Å². The molecule has 5 rings (SSSR count). The smallest absolute Gasteiger partial charge is 0.259 e. The second kappa shape index (κ2) is 10.1. The Bertz CT molecular complexity index is 1300. The Morgan fingerprint density at radius 1 is 1.03 bits per heavy atom. The molecule has 0 bridgehead atoms. The van der Waals surface area contributed by atoms with Gasteiger partial charge in [-0.2, -0.15) is 0 Å². The molecule has 3 aromatic heterocycles. The van der Waals surface area contributed by atoms with Crippen LogP contribution in [0.1, 0.15) is 12.0 Å². The molecule has 1 fully saturated rings. The van der Waals surface area contributed by atoms with Crippen LogP contribution in [0.5, 0.6) is 0 Å². The second-order valence-corrected chi connectivity index (χ2v) is 8.82. The van der Waals surface area contributed by atoms with Crippen LogP contribution >= 0.6 is 0 Å². The lowest BCUT2D eigenvalue weighted by molar-refractivity contribution is 0.279. The number of hydrogen-bond acceptors (Lipinski definition) is 7. The minimum atomic E-state index is -0.178. The van der Waals surface area contributed by atoms with Gasteiger partial charge in [-0.15, -0.1) is 0 Å². The Kier molecular flexibility index (Phi) is 6.60. The summed E-state index contributed by atoms with van der Waals surface area (Å²) in [6, 6.07) is 12.2. The molecule has 0 radical (unpaired) electrons. The molecule has 0 aliphatic carbocycles. The quantitative estimate of drug-likeness (QED) is 0.461. The average Bonchev–Trinajstić information content (AvgIpc) is 3.08. The fraction of sp³-hybridized carbons (Fsp3) is 0.308. The number of nitrogens with one attached hydrogen (secondary N) is 2. The van der Waals surface area contributed by atoms with Gasteiger partial charge in [0.25, 0.3) is 5.56 Å². The largest absolute Gasteiger partial charge is 0.340 e. The van der Waals surface area contributed by atoms with E-state index in [1.807, 2.05) is 12.1 Å². The van der Waals surface area contributed by atoms with Crippen LogP contribution in [0, 0.1) is 0 Å².